The minimum atomic E-state index is -0.687. The summed E-state index contributed by atoms with van der Waals surface area (Å²) in [6.45, 7) is 2.12. The standard InChI is InChI=1S/C23H23FN4O3/c24-18-7-15(4-5-20(18)29)16-8-19-17(10-27-28(19)22-3-1-2-6-30-22)21(9-16)31-14-23(11-25)12-26-13-23/h4-5,7-10,22,26,29H,1-3,6,12-14H2. The van der Waals surface area contributed by atoms with Crippen molar-refractivity contribution >= 4 is 10.9 Å². The Hall–Kier alpha value is -3.15. The molecule has 160 valence electrons. The number of nitrogens with one attached hydrogen (secondary N) is 1. The van der Waals surface area contributed by atoms with Gasteiger partial charge in [-0.1, -0.05) is 6.07 Å². The molecule has 5 rings (SSSR count). The minimum absolute atomic E-state index is 0.160. The first-order valence-electron chi connectivity index (χ1n) is 10.5. The van der Waals surface area contributed by atoms with Crippen LogP contribution in [0.2, 0.25) is 0 Å². The molecule has 3 aromatic rings. The fourth-order valence-corrected chi connectivity index (χ4v) is 4.09. The normalized spacial score (nSPS) is 20.2. The number of hydrogen-bond donors (Lipinski definition) is 2. The van der Waals surface area contributed by atoms with E-state index in [1.54, 1.807) is 12.3 Å². The van der Waals surface area contributed by atoms with Crippen molar-refractivity contribution in [1.29, 1.82) is 5.26 Å². The number of ether oxygens (including phenoxy) is 2. The second-order valence-corrected chi connectivity index (χ2v) is 8.27. The van der Waals surface area contributed by atoms with E-state index < -0.39 is 17.0 Å². The molecule has 0 saturated carbocycles. The molecule has 1 aromatic heterocycles. The first-order chi connectivity index (χ1) is 15.1. The van der Waals surface area contributed by atoms with Crippen molar-refractivity contribution < 1.29 is 19.0 Å². The third-order valence-corrected chi connectivity index (χ3v) is 6.06. The van der Waals surface area contributed by atoms with Crippen molar-refractivity contribution in [2.75, 3.05) is 26.3 Å². The molecule has 0 amide bonds. The molecule has 0 spiro atoms. The van der Waals surface area contributed by atoms with Crippen LogP contribution in [0.25, 0.3) is 22.0 Å². The van der Waals surface area contributed by atoms with E-state index in [9.17, 15) is 14.8 Å². The molecule has 1 unspecified atom stereocenters. The zero-order chi connectivity index (χ0) is 21.4. The van der Waals surface area contributed by atoms with Crippen LogP contribution in [0.5, 0.6) is 11.5 Å². The summed E-state index contributed by atoms with van der Waals surface area (Å²) in [7, 11) is 0. The Morgan fingerprint density at radius 2 is 2.16 bits per heavy atom. The number of hydrogen-bond acceptors (Lipinski definition) is 6. The SMILES string of the molecule is N#CC1(COc2cc(-c3ccc(O)c(F)c3)cc3c2cnn3C2CCCCO2)CNC1. The average Bonchev–Trinajstić information content (AvgIpc) is 3.20. The summed E-state index contributed by atoms with van der Waals surface area (Å²) in [5.41, 5.74) is 1.62. The van der Waals surface area contributed by atoms with Crippen molar-refractivity contribution in [2.45, 2.75) is 25.5 Å². The number of phenolic OH excluding ortho intramolecular Hbond substituents is 1. The summed E-state index contributed by atoms with van der Waals surface area (Å²) in [4.78, 5) is 0. The van der Waals surface area contributed by atoms with E-state index in [4.69, 9.17) is 9.47 Å². The van der Waals surface area contributed by atoms with Gasteiger partial charge in [0.15, 0.2) is 17.8 Å². The highest BCUT2D eigenvalue weighted by atomic mass is 19.1. The maximum absolute atomic E-state index is 14.0. The Bertz CT molecular complexity index is 1160. The molecule has 0 bridgehead atoms. The highest BCUT2D eigenvalue weighted by Crippen LogP contribution is 2.37. The molecule has 31 heavy (non-hydrogen) atoms. The Labute approximate surface area is 179 Å². The second kappa shape index (κ2) is 7.84. The van der Waals surface area contributed by atoms with Gasteiger partial charge >= 0.3 is 0 Å². The van der Waals surface area contributed by atoms with E-state index in [0.29, 0.717) is 31.0 Å². The van der Waals surface area contributed by atoms with Crippen molar-refractivity contribution in [3.05, 3.63) is 42.3 Å². The lowest BCUT2D eigenvalue weighted by Gasteiger charge is -2.35. The molecule has 0 aliphatic carbocycles. The largest absolute Gasteiger partial charge is 0.505 e. The van der Waals surface area contributed by atoms with Crippen LogP contribution in [-0.4, -0.2) is 41.2 Å². The number of fused-ring (bicyclic) bond motifs is 1. The van der Waals surface area contributed by atoms with Crippen LogP contribution in [0.4, 0.5) is 4.39 Å². The highest BCUT2D eigenvalue weighted by molar-refractivity contribution is 5.90. The number of aromatic hydroxyl groups is 1. The monoisotopic (exact) mass is 422 g/mol. The molecule has 3 heterocycles. The molecule has 2 aliphatic rings. The lowest BCUT2D eigenvalue weighted by atomic mass is 9.84. The van der Waals surface area contributed by atoms with Crippen LogP contribution in [0, 0.1) is 22.6 Å². The highest BCUT2D eigenvalue weighted by Gasteiger charge is 2.38. The zero-order valence-corrected chi connectivity index (χ0v) is 17.0. The number of halogens is 1. The second-order valence-electron chi connectivity index (χ2n) is 8.27. The Balaban J connectivity index is 1.58. The minimum Gasteiger partial charge on any atom is -0.505 e. The molecule has 2 saturated heterocycles. The summed E-state index contributed by atoms with van der Waals surface area (Å²) in [6, 6.07) is 10.4. The lowest BCUT2D eigenvalue weighted by Crippen LogP contribution is -2.55. The molecule has 2 fully saturated rings. The lowest BCUT2D eigenvalue weighted by molar-refractivity contribution is -0.0366. The van der Waals surface area contributed by atoms with E-state index in [1.807, 2.05) is 16.8 Å². The summed E-state index contributed by atoms with van der Waals surface area (Å²) in [6.07, 6.45) is 4.56. The molecule has 2 aliphatic heterocycles. The molecule has 2 aromatic carbocycles. The smallest absolute Gasteiger partial charge is 0.165 e. The van der Waals surface area contributed by atoms with E-state index in [1.165, 1.54) is 12.1 Å². The number of rotatable bonds is 5. The van der Waals surface area contributed by atoms with Crippen LogP contribution in [0.1, 0.15) is 25.5 Å². The van der Waals surface area contributed by atoms with Crippen LogP contribution < -0.4 is 10.1 Å². The van der Waals surface area contributed by atoms with Crippen LogP contribution in [0.15, 0.2) is 36.5 Å². The first-order valence-corrected chi connectivity index (χ1v) is 10.5. The number of nitrogens with zero attached hydrogens (tertiary/aromatic N) is 3. The van der Waals surface area contributed by atoms with Gasteiger partial charge in [0.1, 0.15) is 17.8 Å². The van der Waals surface area contributed by atoms with Gasteiger partial charge in [-0.2, -0.15) is 10.4 Å². The van der Waals surface area contributed by atoms with Gasteiger partial charge in [-0.25, -0.2) is 9.07 Å². The van der Waals surface area contributed by atoms with Crippen molar-refractivity contribution in [2.24, 2.45) is 5.41 Å². The molecule has 1 atom stereocenters. The number of nitriles is 1. The Morgan fingerprint density at radius 3 is 2.84 bits per heavy atom. The molecular weight excluding hydrogens is 399 g/mol. The van der Waals surface area contributed by atoms with Gasteiger partial charge < -0.3 is 19.9 Å². The van der Waals surface area contributed by atoms with Crippen molar-refractivity contribution in [3.63, 3.8) is 0 Å². The third-order valence-electron chi connectivity index (χ3n) is 6.06. The van der Waals surface area contributed by atoms with Gasteiger partial charge in [0.05, 0.1) is 23.2 Å². The third kappa shape index (κ3) is 3.60. The predicted molar refractivity (Wildman–Crippen MR) is 112 cm³/mol. The predicted octanol–water partition coefficient (Wildman–Crippen LogP) is 3.74. The van der Waals surface area contributed by atoms with E-state index >= 15 is 0 Å². The number of benzene rings is 2. The van der Waals surface area contributed by atoms with Gasteiger partial charge in [0.25, 0.3) is 0 Å². The molecule has 8 heteroatoms. The van der Waals surface area contributed by atoms with Gasteiger partial charge in [-0.15, -0.1) is 0 Å². The summed E-state index contributed by atoms with van der Waals surface area (Å²) in [5.74, 6) is -0.492. The van der Waals surface area contributed by atoms with Crippen LogP contribution >= 0.6 is 0 Å². The average molecular weight is 422 g/mol. The summed E-state index contributed by atoms with van der Waals surface area (Å²) < 4.78 is 27.9. The summed E-state index contributed by atoms with van der Waals surface area (Å²) >= 11 is 0. The van der Waals surface area contributed by atoms with Gasteiger partial charge in [-0.3, -0.25) is 0 Å². The Kier molecular flexibility index (Phi) is 5.00. The molecule has 7 nitrogen and oxygen atoms in total. The number of phenols is 1. The van der Waals surface area contributed by atoms with Crippen molar-refractivity contribution in [3.8, 4) is 28.7 Å². The van der Waals surface area contributed by atoms with Crippen LogP contribution in [0.3, 0.4) is 0 Å². The molecule has 2 N–H and O–H groups in total. The van der Waals surface area contributed by atoms with Crippen LogP contribution in [-0.2, 0) is 4.74 Å². The maximum Gasteiger partial charge on any atom is 0.165 e. The van der Waals surface area contributed by atoms with Gasteiger partial charge in [-0.05, 0) is 54.7 Å². The van der Waals surface area contributed by atoms with E-state index in [0.717, 1.165) is 35.7 Å². The zero-order valence-electron chi connectivity index (χ0n) is 17.0. The quantitative estimate of drug-likeness (QED) is 0.651. The van der Waals surface area contributed by atoms with Gasteiger partial charge in [0.2, 0.25) is 0 Å². The number of aromatic nitrogens is 2. The van der Waals surface area contributed by atoms with E-state index in [2.05, 4.69) is 16.5 Å². The fourth-order valence-electron chi connectivity index (χ4n) is 4.09. The summed E-state index contributed by atoms with van der Waals surface area (Å²) in [5, 5.41) is 27.6. The van der Waals surface area contributed by atoms with Crippen molar-refractivity contribution in [1.82, 2.24) is 15.1 Å². The van der Waals surface area contributed by atoms with E-state index in [-0.39, 0.29) is 12.8 Å². The fraction of sp³-hybridized carbons (Fsp3) is 0.391. The first kappa shape index (κ1) is 19.8. The van der Waals surface area contributed by atoms with Gasteiger partial charge in [0, 0.05) is 19.7 Å². The molecule has 0 radical (unpaired) electrons. The maximum atomic E-state index is 14.0. The Morgan fingerprint density at radius 1 is 1.29 bits per heavy atom. The topological polar surface area (TPSA) is 92.3 Å². The molecular formula is C23H23FN4O3.